The number of nitrogens with zero attached hydrogens (tertiary/aromatic N) is 2. The van der Waals surface area contributed by atoms with Crippen LogP contribution in [0.1, 0.15) is 19.3 Å². The number of carboxylic acids is 1. The highest BCUT2D eigenvalue weighted by molar-refractivity contribution is 7.09. The fourth-order valence-electron chi connectivity index (χ4n) is 2.08. The molecule has 0 radical (unpaired) electrons. The van der Waals surface area contributed by atoms with Crippen LogP contribution >= 0.6 is 11.5 Å². The molecule has 2 N–H and O–H groups in total. The van der Waals surface area contributed by atoms with Crippen LogP contribution in [0.2, 0.25) is 0 Å². The summed E-state index contributed by atoms with van der Waals surface area (Å²) in [5, 5.41) is 12.9. The van der Waals surface area contributed by atoms with Crippen molar-refractivity contribution in [2.45, 2.75) is 19.3 Å². The molecular formula is C9H13N3O2S. The molecule has 1 heterocycles. The average Bonchev–Trinajstić information content (AvgIpc) is 2.86. The zero-order chi connectivity index (χ0) is 10.7. The smallest absolute Gasteiger partial charge is 0.306 e. The van der Waals surface area contributed by atoms with E-state index < -0.39 is 5.97 Å². The van der Waals surface area contributed by atoms with Crippen LogP contribution in [0.4, 0.5) is 5.13 Å². The van der Waals surface area contributed by atoms with E-state index in [0.717, 1.165) is 24.4 Å². The molecule has 1 saturated carbocycles. The molecule has 1 aromatic rings. The predicted molar refractivity (Wildman–Crippen MR) is 56.9 cm³/mol. The van der Waals surface area contributed by atoms with Crippen molar-refractivity contribution < 1.29 is 9.90 Å². The summed E-state index contributed by atoms with van der Waals surface area (Å²) in [6.45, 7) is 0.687. The van der Waals surface area contributed by atoms with Gasteiger partial charge in [0.1, 0.15) is 6.33 Å². The number of hydrogen-bond donors (Lipinski definition) is 2. The van der Waals surface area contributed by atoms with Crippen molar-refractivity contribution in [3.8, 4) is 0 Å². The molecule has 6 heteroatoms. The van der Waals surface area contributed by atoms with E-state index in [1.807, 2.05) is 0 Å². The highest BCUT2D eigenvalue weighted by Crippen LogP contribution is 2.32. The Balaban J connectivity index is 1.86. The first kappa shape index (κ1) is 10.4. The maximum atomic E-state index is 10.9. The molecule has 5 nitrogen and oxygen atoms in total. The Morgan fingerprint density at radius 3 is 3.20 bits per heavy atom. The summed E-state index contributed by atoms with van der Waals surface area (Å²) in [5.41, 5.74) is 0. The Labute approximate surface area is 91.7 Å². The lowest BCUT2D eigenvalue weighted by molar-refractivity contribution is -0.142. The van der Waals surface area contributed by atoms with Crippen LogP contribution < -0.4 is 5.32 Å². The van der Waals surface area contributed by atoms with E-state index in [1.165, 1.54) is 17.9 Å². The minimum Gasteiger partial charge on any atom is -0.481 e. The van der Waals surface area contributed by atoms with Crippen molar-refractivity contribution in [2.75, 3.05) is 11.9 Å². The molecule has 1 aliphatic carbocycles. The Bertz CT molecular complexity index is 328. The van der Waals surface area contributed by atoms with Gasteiger partial charge in [-0.25, -0.2) is 4.98 Å². The van der Waals surface area contributed by atoms with E-state index in [1.54, 1.807) is 0 Å². The van der Waals surface area contributed by atoms with Crippen LogP contribution in [0, 0.1) is 11.8 Å². The summed E-state index contributed by atoms with van der Waals surface area (Å²) in [7, 11) is 0. The fraction of sp³-hybridized carbons (Fsp3) is 0.667. The summed E-state index contributed by atoms with van der Waals surface area (Å²) in [4.78, 5) is 14.9. The molecule has 1 aliphatic rings. The van der Waals surface area contributed by atoms with Crippen molar-refractivity contribution >= 4 is 22.6 Å². The fourth-order valence-corrected chi connectivity index (χ4v) is 2.51. The molecule has 15 heavy (non-hydrogen) atoms. The molecule has 2 unspecified atom stereocenters. The van der Waals surface area contributed by atoms with Gasteiger partial charge in [0.15, 0.2) is 0 Å². The number of anilines is 1. The molecule has 1 aromatic heterocycles. The van der Waals surface area contributed by atoms with Crippen LogP contribution in [-0.4, -0.2) is 27.0 Å². The first-order valence-corrected chi connectivity index (χ1v) is 5.78. The quantitative estimate of drug-likeness (QED) is 0.814. The molecule has 2 rings (SSSR count). The average molecular weight is 227 g/mol. The van der Waals surface area contributed by atoms with E-state index in [-0.39, 0.29) is 11.8 Å². The third-order valence-corrected chi connectivity index (χ3v) is 3.48. The Hall–Kier alpha value is -1.17. The van der Waals surface area contributed by atoms with Gasteiger partial charge in [-0.1, -0.05) is 6.42 Å². The van der Waals surface area contributed by atoms with Crippen LogP contribution in [0.15, 0.2) is 6.33 Å². The Morgan fingerprint density at radius 2 is 2.53 bits per heavy atom. The van der Waals surface area contributed by atoms with Crippen molar-refractivity contribution in [3.63, 3.8) is 0 Å². The molecule has 1 fully saturated rings. The molecule has 0 amide bonds. The van der Waals surface area contributed by atoms with Gasteiger partial charge >= 0.3 is 5.97 Å². The number of aromatic nitrogens is 2. The molecule has 82 valence electrons. The first-order chi connectivity index (χ1) is 7.27. The second-order valence-corrected chi connectivity index (χ2v) is 4.54. The van der Waals surface area contributed by atoms with Gasteiger partial charge in [0.05, 0.1) is 5.92 Å². The lowest BCUT2D eigenvalue weighted by atomic mass is 9.96. The SMILES string of the molecule is O=C(O)C1CCCC1CNc1ncns1. The third kappa shape index (κ3) is 2.44. The van der Waals surface area contributed by atoms with Crippen molar-refractivity contribution in [1.82, 2.24) is 9.36 Å². The molecule has 0 saturated heterocycles. The molecule has 0 bridgehead atoms. The molecule has 0 aliphatic heterocycles. The number of rotatable bonds is 4. The predicted octanol–water partition coefficient (Wildman–Crippen LogP) is 1.45. The highest BCUT2D eigenvalue weighted by atomic mass is 32.1. The lowest BCUT2D eigenvalue weighted by Gasteiger charge is -2.15. The van der Waals surface area contributed by atoms with Crippen LogP contribution in [0.3, 0.4) is 0 Å². The second kappa shape index (κ2) is 4.57. The Kier molecular flexibility index (Phi) is 3.15. The van der Waals surface area contributed by atoms with Crippen molar-refractivity contribution in [3.05, 3.63) is 6.33 Å². The Morgan fingerprint density at radius 1 is 1.67 bits per heavy atom. The van der Waals surface area contributed by atoms with E-state index in [0.29, 0.717) is 6.54 Å². The minimum absolute atomic E-state index is 0.189. The van der Waals surface area contributed by atoms with Crippen LogP contribution in [-0.2, 0) is 4.79 Å². The van der Waals surface area contributed by atoms with Crippen molar-refractivity contribution in [1.29, 1.82) is 0 Å². The van der Waals surface area contributed by atoms with E-state index in [4.69, 9.17) is 5.11 Å². The maximum Gasteiger partial charge on any atom is 0.306 e. The summed E-state index contributed by atoms with van der Waals surface area (Å²) < 4.78 is 3.87. The number of hydrogen-bond acceptors (Lipinski definition) is 5. The zero-order valence-electron chi connectivity index (χ0n) is 8.22. The second-order valence-electron chi connectivity index (χ2n) is 3.76. The third-order valence-electron chi connectivity index (χ3n) is 2.85. The monoisotopic (exact) mass is 227 g/mol. The highest BCUT2D eigenvalue weighted by Gasteiger charge is 2.32. The number of nitrogens with one attached hydrogen (secondary N) is 1. The standard InChI is InChI=1S/C9H13N3O2S/c13-8(14)7-3-1-2-6(7)4-10-9-11-5-12-15-9/h5-7H,1-4H2,(H,13,14)(H,10,11,12). The van der Waals surface area contributed by atoms with Gasteiger partial charge in [-0.3, -0.25) is 4.79 Å². The van der Waals surface area contributed by atoms with E-state index in [9.17, 15) is 4.79 Å². The van der Waals surface area contributed by atoms with Crippen LogP contribution in [0.5, 0.6) is 0 Å². The van der Waals surface area contributed by atoms with Gasteiger partial charge in [-0.2, -0.15) is 4.37 Å². The van der Waals surface area contributed by atoms with E-state index >= 15 is 0 Å². The van der Waals surface area contributed by atoms with Gasteiger partial charge < -0.3 is 10.4 Å². The summed E-state index contributed by atoms with van der Waals surface area (Å²) in [6, 6.07) is 0. The minimum atomic E-state index is -0.670. The van der Waals surface area contributed by atoms with Gasteiger partial charge in [-0.05, 0) is 18.8 Å². The van der Waals surface area contributed by atoms with Gasteiger partial charge in [0, 0.05) is 18.1 Å². The van der Waals surface area contributed by atoms with Gasteiger partial charge in [-0.15, -0.1) is 0 Å². The van der Waals surface area contributed by atoms with Crippen LogP contribution in [0.25, 0.3) is 0 Å². The maximum absolute atomic E-state index is 10.9. The molecule has 2 atom stereocenters. The first-order valence-electron chi connectivity index (χ1n) is 5.00. The number of carboxylic acid groups (broad SMARTS) is 1. The topological polar surface area (TPSA) is 75.1 Å². The summed E-state index contributed by atoms with van der Waals surface area (Å²) >= 11 is 1.30. The molecule has 0 aromatic carbocycles. The van der Waals surface area contributed by atoms with E-state index in [2.05, 4.69) is 14.7 Å². The zero-order valence-corrected chi connectivity index (χ0v) is 9.04. The van der Waals surface area contributed by atoms with Crippen molar-refractivity contribution in [2.24, 2.45) is 11.8 Å². The summed E-state index contributed by atoms with van der Waals surface area (Å²) in [6.07, 6.45) is 4.30. The number of carbonyl (C=O) groups is 1. The largest absolute Gasteiger partial charge is 0.481 e. The molecular weight excluding hydrogens is 214 g/mol. The normalized spacial score (nSPS) is 25.3. The lowest BCUT2D eigenvalue weighted by Crippen LogP contribution is -2.24. The van der Waals surface area contributed by atoms with Gasteiger partial charge in [0.2, 0.25) is 5.13 Å². The molecule has 0 spiro atoms. The van der Waals surface area contributed by atoms with Gasteiger partial charge in [0.25, 0.3) is 0 Å². The number of aliphatic carboxylic acids is 1. The summed E-state index contributed by atoms with van der Waals surface area (Å²) in [5.74, 6) is -0.631.